The van der Waals surface area contributed by atoms with Gasteiger partial charge in [-0.1, -0.05) is 45.9 Å². The molecule has 144 valence electrons. The molecule has 1 aliphatic carbocycles. The SMILES string of the molecule is CC1(C)CCC(C)(C)c2cc(-c3cccc(N4CCCC(N)C4)n3)ccc21. The molecule has 0 amide bonds. The first kappa shape index (κ1) is 18.5. The molecule has 2 heterocycles. The highest BCUT2D eigenvalue weighted by Gasteiger charge is 2.37. The number of rotatable bonds is 2. The van der Waals surface area contributed by atoms with Crippen LogP contribution in [0.15, 0.2) is 36.4 Å². The predicted octanol–water partition coefficient (Wildman–Crippen LogP) is 5.03. The highest BCUT2D eigenvalue weighted by Crippen LogP contribution is 2.46. The highest BCUT2D eigenvalue weighted by molar-refractivity contribution is 5.65. The number of anilines is 1. The summed E-state index contributed by atoms with van der Waals surface area (Å²) in [6.07, 6.45) is 4.74. The largest absolute Gasteiger partial charge is 0.355 e. The van der Waals surface area contributed by atoms with Crippen LogP contribution in [0, 0.1) is 0 Å². The van der Waals surface area contributed by atoms with Gasteiger partial charge in [0.25, 0.3) is 0 Å². The molecule has 1 saturated heterocycles. The van der Waals surface area contributed by atoms with E-state index < -0.39 is 0 Å². The number of fused-ring (bicyclic) bond motifs is 1. The van der Waals surface area contributed by atoms with Crippen LogP contribution in [-0.2, 0) is 10.8 Å². The van der Waals surface area contributed by atoms with Gasteiger partial charge in [-0.25, -0.2) is 4.98 Å². The summed E-state index contributed by atoms with van der Waals surface area (Å²) >= 11 is 0. The molecule has 1 atom stereocenters. The smallest absolute Gasteiger partial charge is 0.129 e. The van der Waals surface area contributed by atoms with E-state index in [4.69, 9.17) is 10.7 Å². The Balaban J connectivity index is 1.71. The van der Waals surface area contributed by atoms with Crippen LogP contribution < -0.4 is 10.6 Å². The van der Waals surface area contributed by atoms with Crippen molar-refractivity contribution in [1.82, 2.24) is 4.98 Å². The van der Waals surface area contributed by atoms with E-state index in [0.717, 1.165) is 37.4 Å². The molecular formula is C24H33N3. The Hall–Kier alpha value is -1.87. The lowest BCUT2D eigenvalue weighted by Gasteiger charge is -2.42. The van der Waals surface area contributed by atoms with Gasteiger partial charge in [-0.3, -0.25) is 0 Å². The Morgan fingerprint density at radius 3 is 2.48 bits per heavy atom. The van der Waals surface area contributed by atoms with Gasteiger partial charge in [0.15, 0.2) is 0 Å². The zero-order chi connectivity index (χ0) is 19.2. The van der Waals surface area contributed by atoms with Gasteiger partial charge < -0.3 is 10.6 Å². The average Bonchev–Trinajstić information content (AvgIpc) is 2.65. The maximum Gasteiger partial charge on any atom is 0.129 e. The van der Waals surface area contributed by atoms with Crippen molar-refractivity contribution in [2.75, 3.05) is 18.0 Å². The lowest BCUT2D eigenvalue weighted by molar-refractivity contribution is 0.332. The van der Waals surface area contributed by atoms with Crippen LogP contribution in [0.5, 0.6) is 0 Å². The summed E-state index contributed by atoms with van der Waals surface area (Å²) in [6.45, 7) is 11.5. The van der Waals surface area contributed by atoms with Crippen molar-refractivity contribution >= 4 is 5.82 Å². The molecular weight excluding hydrogens is 330 g/mol. The Morgan fingerprint density at radius 2 is 1.74 bits per heavy atom. The van der Waals surface area contributed by atoms with E-state index in [1.54, 1.807) is 0 Å². The van der Waals surface area contributed by atoms with Crippen LogP contribution in [-0.4, -0.2) is 24.1 Å². The molecule has 1 aliphatic heterocycles. The van der Waals surface area contributed by atoms with E-state index in [9.17, 15) is 0 Å². The molecule has 2 N–H and O–H groups in total. The molecule has 3 heteroatoms. The fraction of sp³-hybridized carbons (Fsp3) is 0.542. The van der Waals surface area contributed by atoms with Gasteiger partial charge in [0, 0.05) is 24.7 Å². The minimum absolute atomic E-state index is 0.220. The monoisotopic (exact) mass is 363 g/mol. The van der Waals surface area contributed by atoms with Gasteiger partial charge in [-0.15, -0.1) is 0 Å². The van der Waals surface area contributed by atoms with Crippen LogP contribution in [0.4, 0.5) is 5.82 Å². The third-order valence-electron chi connectivity index (χ3n) is 6.66. The second-order valence-corrected chi connectivity index (χ2v) is 9.76. The standard InChI is InChI=1S/C24H33N3/c1-23(2)12-13-24(3,4)20-15-17(10-11-19(20)23)21-8-5-9-22(26-21)27-14-6-7-18(25)16-27/h5,8-11,15,18H,6-7,12-14,16,25H2,1-4H3. The normalized spacial score (nSPS) is 23.7. The minimum Gasteiger partial charge on any atom is -0.355 e. The summed E-state index contributed by atoms with van der Waals surface area (Å²) in [5.41, 5.74) is 11.9. The third kappa shape index (κ3) is 3.50. The van der Waals surface area contributed by atoms with Crippen molar-refractivity contribution in [3.8, 4) is 11.3 Å². The summed E-state index contributed by atoms with van der Waals surface area (Å²) in [5, 5.41) is 0. The van der Waals surface area contributed by atoms with Gasteiger partial charge in [0.05, 0.1) is 5.69 Å². The van der Waals surface area contributed by atoms with Crippen LogP contribution in [0.3, 0.4) is 0 Å². The maximum absolute atomic E-state index is 6.17. The number of nitrogens with two attached hydrogens (primary N) is 1. The summed E-state index contributed by atoms with van der Waals surface area (Å²) in [5.74, 6) is 1.06. The molecule has 2 aromatic rings. The second kappa shape index (κ2) is 6.63. The maximum atomic E-state index is 6.17. The first-order valence-corrected chi connectivity index (χ1v) is 10.4. The fourth-order valence-electron chi connectivity index (χ4n) is 4.73. The molecule has 4 rings (SSSR count). The van der Waals surface area contributed by atoms with Crippen molar-refractivity contribution < 1.29 is 0 Å². The molecule has 0 radical (unpaired) electrons. The van der Waals surface area contributed by atoms with Crippen LogP contribution >= 0.6 is 0 Å². The van der Waals surface area contributed by atoms with Crippen molar-refractivity contribution in [3.05, 3.63) is 47.5 Å². The lowest BCUT2D eigenvalue weighted by atomic mass is 9.63. The molecule has 0 bridgehead atoms. The quantitative estimate of drug-likeness (QED) is 0.814. The summed E-state index contributed by atoms with van der Waals surface area (Å²) in [4.78, 5) is 7.34. The minimum atomic E-state index is 0.220. The molecule has 1 fully saturated rings. The van der Waals surface area contributed by atoms with Gasteiger partial charge in [0.1, 0.15) is 5.82 Å². The van der Waals surface area contributed by atoms with Gasteiger partial charge in [-0.2, -0.15) is 0 Å². The van der Waals surface area contributed by atoms with E-state index >= 15 is 0 Å². The van der Waals surface area contributed by atoms with Gasteiger partial charge >= 0.3 is 0 Å². The fourth-order valence-corrected chi connectivity index (χ4v) is 4.73. The molecule has 1 unspecified atom stereocenters. The Kier molecular flexibility index (Phi) is 4.54. The van der Waals surface area contributed by atoms with Crippen LogP contribution in [0.1, 0.15) is 64.5 Å². The van der Waals surface area contributed by atoms with Crippen molar-refractivity contribution in [2.45, 2.75) is 70.3 Å². The number of hydrogen-bond acceptors (Lipinski definition) is 3. The van der Waals surface area contributed by atoms with Gasteiger partial charge in [-0.05, 0) is 65.8 Å². The van der Waals surface area contributed by atoms with E-state index in [1.807, 2.05) is 0 Å². The second-order valence-electron chi connectivity index (χ2n) is 9.76. The lowest BCUT2D eigenvalue weighted by Crippen LogP contribution is -2.43. The first-order chi connectivity index (χ1) is 12.8. The number of nitrogens with zero attached hydrogens (tertiary/aromatic N) is 2. The van der Waals surface area contributed by atoms with Crippen LogP contribution in [0.25, 0.3) is 11.3 Å². The number of hydrogen-bond donors (Lipinski definition) is 1. The number of pyridine rings is 1. The number of benzene rings is 1. The molecule has 27 heavy (non-hydrogen) atoms. The first-order valence-electron chi connectivity index (χ1n) is 10.4. The van der Waals surface area contributed by atoms with Crippen molar-refractivity contribution in [1.29, 1.82) is 0 Å². The zero-order valence-electron chi connectivity index (χ0n) is 17.3. The Bertz CT molecular complexity index is 837. The third-order valence-corrected chi connectivity index (χ3v) is 6.66. The van der Waals surface area contributed by atoms with E-state index in [2.05, 4.69) is 69.0 Å². The summed E-state index contributed by atoms with van der Waals surface area (Å²) < 4.78 is 0. The molecule has 2 aliphatic rings. The highest BCUT2D eigenvalue weighted by atomic mass is 15.2. The van der Waals surface area contributed by atoms with E-state index in [-0.39, 0.29) is 16.9 Å². The van der Waals surface area contributed by atoms with Crippen molar-refractivity contribution in [2.24, 2.45) is 5.73 Å². The Morgan fingerprint density at radius 1 is 1.00 bits per heavy atom. The van der Waals surface area contributed by atoms with E-state index in [1.165, 1.54) is 29.5 Å². The van der Waals surface area contributed by atoms with E-state index in [0.29, 0.717) is 0 Å². The average molecular weight is 364 g/mol. The zero-order valence-corrected chi connectivity index (χ0v) is 17.3. The van der Waals surface area contributed by atoms with Crippen molar-refractivity contribution in [3.63, 3.8) is 0 Å². The number of piperidine rings is 1. The summed E-state index contributed by atoms with van der Waals surface area (Å²) in [6, 6.07) is 13.6. The molecule has 3 nitrogen and oxygen atoms in total. The predicted molar refractivity (Wildman–Crippen MR) is 114 cm³/mol. The molecule has 0 spiro atoms. The van der Waals surface area contributed by atoms with Gasteiger partial charge in [0.2, 0.25) is 0 Å². The molecule has 0 saturated carbocycles. The Labute approximate surface area is 164 Å². The van der Waals surface area contributed by atoms with Crippen LogP contribution in [0.2, 0.25) is 0 Å². The molecule has 1 aromatic carbocycles. The topological polar surface area (TPSA) is 42.1 Å². The molecule has 1 aromatic heterocycles. The summed E-state index contributed by atoms with van der Waals surface area (Å²) in [7, 11) is 0. The number of aromatic nitrogens is 1.